The average molecular weight is 283 g/mol. The van der Waals surface area contributed by atoms with Gasteiger partial charge in [-0.3, -0.25) is 0 Å². The fourth-order valence-corrected chi connectivity index (χ4v) is 1.74. The summed E-state index contributed by atoms with van der Waals surface area (Å²) in [4.78, 5) is 0. The summed E-state index contributed by atoms with van der Waals surface area (Å²) in [6, 6.07) is 7.54. The molecule has 0 spiro atoms. The van der Waals surface area contributed by atoms with Gasteiger partial charge in [0.2, 0.25) is 0 Å². The van der Waals surface area contributed by atoms with Crippen LogP contribution in [0, 0.1) is 0 Å². The smallest absolute Gasteiger partial charge is 0.118 e. The van der Waals surface area contributed by atoms with Crippen LogP contribution < -0.4 is 10.5 Å². The number of hydrogen-bond donors (Lipinski definition) is 1. The lowest BCUT2D eigenvalue weighted by Crippen LogP contribution is -2.27. The second-order valence-corrected chi connectivity index (χ2v) is 4.48. The van der Waals surface area contributed by atoms with E-state index in [1.165, 1.54) is 0 Å². The maximum atomic E-state index is 6.17. The largest absolute Gasteiger partial charge is 0.497 e. The number of ether oxygens (including phenoxy) is 4. The van der Waals surface area contributed by atoms with Gasteiger partial charge in [-0.2, -0.15) is 0 Å². The molecule has 5 nitrogen and oxygen atoms in total. The summed E-state index contributed by atoms with van der Waals surface area (Å²) in [5.41, 5.74) is 7.19. The average Bonchev–Trinajstić information content (AvgIpc) is 2.50. The molecule has 0 heterocycles. The Morgan fingerprint density at radius 2 is 1.65 bits per heavy atom. The van der Waals surface area contributed by atoms with Crippen molar-refractivity contribution in [2.75, 3.05) is 40.6 Å². The third-order valence-corrected chi connectivity index (χ3v) is 3.05. The maximum absolute atomic E-state index is 6.17. The van der Waals surface area contributed by atoms with Gasteiger partial charge < -0.3 is 24.7 Å². The van der Waals surface area contributed by atoms with Gasteiger partial charge in [0.05, 0.1) is 45.7 Å². The monoisotopic (exact) mass is 283 g/mol. The molecule has 2 N–H and O–H groups in total. The fourth-order valence-electron chi connectivity index (χ4n) is 1.74. The van der Waals surface area contributed by atoms with Crippen molar-refractivity contribution >= 4 is 0 Å². The first-order chi connectivity index (χ1) is 9.69. The van der Waals surface area contributed by atoms with E-state index in [0.29, 0.717) is 26.4 Å². The Morgan fingerprint density at radius 3 is 2.25 bits per heavy atom. The molecular weight excluding hydrogens is 258 g/mol. The highest BCUT2D eigenvalue weighted by molar-refractivity contribution is 5.29. The molecule has 0 saturated carbocycles. The van der Waals surface area contributed by atoms with Gasteiger partial charge in [0, 0.05) is 7.11 Å². The molecule has 1 aromatic rings. The predicted molar refractivity (Wildman–Crippen MR) is 78.0 cm³/mol. The summed E-state index contributed by atoms with van der Waals surface area (Å²) in [7, 11) is 3.29. The van der Waals surface area contributed by atoms with Gasteiger partial charge in [0.1, 0.15) is 5.75 Å². The van der Waals surface area contributed by atoms with E-state index < -0.39 is 0 Å². The quantitative estimate of drug-likeness (QED) is 0.663. The van der Waals surface area contributed by atoms with Crippen molar-refractivity contribution in [3.8, 4) is 5.75 Å². The Hall–Kier alpha value is -1.14. The fraction of sp³-hybridized carbons (Fsp3) is 0.600. The van der Waals surface area contributed by atoms with E-state index in [-0.39, 0.29) is 12.1 Å². The molecule has 20 heavy (non-hydrogen) atoms. The molecular formula is C15H25NO4. The molecule has 0 bridgehead atoms. The lowest BCUT2D eigenvalue weighted by Gasteiger charge is -2.21. The first-order valence-corrected chi connectivity index (χ1v) is 6.77. The van der Waals surface area contributed by atoms with Crippen LogP contribution >= 0.6 is 0 Å². The summed E-state index contributed by atoms with van der Waals surface area (Å²) >= 11 is 0. The summed E-state index contributed by atoms with van der Waals surface area (Å²) in [6.07, 6.45) is -0.0746. The summed E-state index contributed by atoms with van der Waals surface area (Å²) in [6.45, 7) is 4.21. The van der Waals surface area contributed by atoms with E-state index in [1.54, 1.807) is 14.2 Å². The third kappa shape index (κ3) is 5.88. The molecule has 0 amide bonds. The van der Waals surface area contributed by atoms with Crippen LogP contribution in [0.25, 0.3) is 0 Å². The second-order valence-electron chi connectivity index (χ2n) is 4.48. The van der Waals surface area contributed by atoms with Crippen molar-refractivity contribution in [3.63, 3.8) is 0 Å². The molecule has 1 aromatic carbocycles. The zero-order valence-electron chi connectivity index (χ0n) is 12.5. The van der Waals surface area contributed by atoms with Crippen molar-refractivity contribution in [2.45, 2.75) is 19.1 Å². The highest BCUT2D eigenvalue weighted by Crippen LogP contribution is 2.19. The Balaban J connectivity index is 2.28. The van der Waals surface area contributed by atoms with E-state index in [4.69, 9.17) is 24.7 Å². The van der Waals surface area contributed by atoms with Gasteiger partial charge >= 0.3 is 0 Å². The number of benzene rings is 1. The summed E-state index contributed by atoms with van der Waals surface area (Å²) < 4.78 is 21.0. The zero-order chi connectivity index (χ0) is 14.8. The molecule has 0 aromatic heterocycles. The Morgan fingerprint density at radius 1 is 1.00 bits per heavy atom. The molecule has 114 valence electrons. The van der Waals surface area contributed by atoms with Crippen LogP contribution in [0.3, 0.4) is 0 Å². The lowest BCUT2D eigenvalue weighted by atomic mass is 10.0. The minimum atomic E-state index is -0.167. The van der Waals surface area contributed by atoms with Crippen molar-refractivity contribution in [3.05, 3.63) is 29.8 Å². The minimum Gasteiger partial charge on any atom is -0.497 e. The van der Waals surface area contributed by atoms with Crippen molar-refractivity contribution in [1.29, 1.82) is 0 Å². The van der Waals surface area contributed by atoms with Gasteiger partial charge in [-0.05, 0) is 24.6 Å². The van der Waals surface area contributed by atoms with Gasteiger partial charge in [-0.15, -0.1) is 0 Å². The molecule has 0 aliphatic carbocycles. The third-order valence-electron chi connectivity index (χ3n) is 3.05. The summed E-state index contributed by atoms with van der Waals surface area (Å²) in [5.74, 6) is 0.820. The molecule has 2 atom stereocenters. The van der Waals surface area contributed by atoms with Crippen LogP contribution in [0.4, 0.5) is 0 Å². The number of methoxy groups -OCH3 is 2. The second kappa shape index (κ2) is 9.72. The molecule has 1 rings (SSSR count). The Labute approximate surface area is 121 Å². The standard InChI is InChI=1S/C15H25NO4/c1-12(20-11-10-19-9-8-17-2)15(16)13-4-6-14(18-3)7-5-13/h4-7,12,15H,8-11,16H2,1-3H3. The van der Waals surface area contributed by atoms with Crippen LogP contribution in [0.2, 0.25) is 0 Å². The molecule has 2 unspecified atom stereocenters. The highest BCUT2D eigenvalue weighted by atomic mass is 16.5. The van der Waals surface area contributed by atoms with E-state index >= 15 is 0 Å². The Kier molecular flexibility index (Phi) is 8.22. The predicted octanol–water partition coefficient (Wildman–Crippen LogP) is 1.76. The van der Waals surface area contributed by atoms with Crippen molar-refractivity contribution in [1.82, 2.24) is 0 Å². The van der Waals surface area contributed by atoms with Crippen LogP contribution in [-0.2, 0) is 14.2 Å². The SMILES string of the molecule is COCCOCCOC(C)C(N)c1ccc(OC)cc1. The molecule has 0 radical (unpaired) electrons. The van der Waals surface area contributed by atoms with E-state index in [2.05, 4.69) is 0 Å². The van der Waals surface area contributed by atoms with E-state index in [1.807, 2.05) is 31.2 Å². The van der Waals surface area contributed by atoms with E-state index in [0.717, 1.165) is 11.3 Å². The first kappa shape index (κ1) is 16.9. The minimum absolute atomic E-state index is 0.0746. The normalized spacial score (nSPS) is 14.0. The lowest BCUT2D eigenvalue weighted by molar-refractivity contribution is -0.00842. The number of rotatable bonds is 10. The molecule has 0 fully saturated rings. The molecule has 0 aliphatic heterocycles. The van der Waals surface area contributed by atoms with Crippen molar-refractivity contribution in [2.24, 2.45) is 5.73 Å². The first-order valence-electron chi connectivity index (χ1n) is 6.77. The Bertz CT molecular complexity index is 355. The van der Waals surface area contributed by atoms with Gasteiger partial charge in [0.25, 0.3) is 0 Å². The van der Waals surface area contributed by atoms with Crippen molar-refractivity contribution < 1.29 is 18.9 Å². The maximum Gasteiger partial charge on any atom is 0.118 e. The van der Waals surface area contributed by atoms with Gasteiger partial charge in [-0.1, -0.05) is 12.1 Å². The van der Waals surface area contributed by atoms with Crippen LogP contribution in [0.1, 0.15) is 18.5 Å². The van der Waals surface area contributed by atoms with Crippen LogP contribution in [0.15, 0.2) is 24.3 Å². The van der Waals surface area contributed by atoms with Gasteiger partial charge in [-0.25, -0.2) is 0 Å². The van der Waals surface area contributed by atoms with E-state index in [9.17, 15) is 0 Å². The molecule has 0 aliphatic rings. The topological polar surface area (TPSA) is 62.9 Å². The number of hydrogen-bond acceptors (Lipinski definition) is 5. The summed E-state index contributed by atoms with van der Waals surface area (Å²) in [5, 5.41) is 0. The van der Waals surface area contributed by atoms with Crippen LogP contribution in [-0.4, -0.2) is 46.8 Å². The molecule has 0 saturated heterocycles. The number of nitrogens with two attached hydrogens (primary N) is 1. The highest BCUT2D eigenvalue weighted by Gasteiger charge is 2.15. The van der Waals surface area contributed by atoms with Gasteiger partial charge in [0.15, 0.2) is 0 Å². The van der Waals surface area contributed by atoms with Crippen LogP contribution in [0.5, 0.6) is 5.75 Å². The zero-order valence-corrected chi connectivity index (χ0v) is 12.5. The molecule has 5 heteroatoms.